The Hall–Kier alpha value is -3.51. The molecule has 3 aromatic rings. The number of rotatable bonds is 8. The molecule has 4 aliphatic rings. The quantitative estimate of drug-likeness (QED) is 0.440. The standard InChI is InChI=1S/C22H24F3N7O3/c23-16(24)10-34-18-6-14-20(26-3-4-32(14)31-18)27-17-5-13(29-30-17)12-1-2-15(19(12)25)35-21(33)28-22-7-11(8-22)9-22/h3-6,11-12,15-16,19H,1-2,7-10H2,(H,28,33)(H2,26,27,29,30)/t11?,12-,15-,19+,22?/m0/s1. The fourth-order valence-electron chi connectivity index (χ4n) is 5.31. The molecule has 4 saturated carbocycles. The van der Waals surface area contributed by atoms with Gasteiger partial charge in [-0.1, -0.05) is 0 Å². The van der Waals surface area contributed by atoms with E-state index in [1.807, 2.05) is 0 Å². The number of amides is 1. The summed E-state index contributed by atoms with van der Waals surface area (Å²) in [7, 11) is 0. The van der Waals surface area contributed by atoms with E-state index in [9.17, 15) is 13.6 Å². The predicted molar refractivity (Wildman–Crippen MR) is 117 cm³/mol. The maximum Gasteiger partial charge on any atom is 0.407 e. The lowest BCUT2D eigenvalue weighted by Gasteiger charge is -2.61. The summed E-state index contributed by atoms with van der Waals surface area (Å²) < 4.78 is 51.8. The predicted octanol–water partition coefficient (Wildman–Crippen LogP) is 3.70. The lowest BCUT2D eigenvalue weighted by Crippen LogP contribution is -2.68. The van der Waals surface area contributed by atoms with Gasteiger partial charge in [-0.3, -0.25) is 5.10 Å². The van der Waals surface area contributed by atoms with E-state index in [0.29, 0.717) is 35.7 Å². The number of H-pyrrole nitrogens is 1. The molecule has 186 valence electrons. The number of nitrogens with one attached hydrogen (secondary N) is 3. The highest BCUT2D eigenvalue weighted by Gasteiger charge is 2.58. The van der Waals surface area contributed by atoms with Crippen molar-refractivity contribution in [1.29, 1.82) is 0 Å². The number of hydrogen-bond donors (Lipinski definition) is 3. The van der Waals surface area contributed by atoms with Crippen LogP contribution in [-0.4, -0.2) is 61.7 Å². The molecule has 2 bridgehead atoms. The maximum absolute atomic E-state index is 15.1. The Morgan fingerprint density at radius 3 is 2.86 bits per heavy atom. The van der Waals surface area contributed by atoms with Crippen LogP contribution in [0.3, 0.4) is 0 Å². The number of alkyl carbamates (subject to hydrolysis) is 1. The van der Waals surface area contributed by atoms with Crippen LogP contribution >= 0.6 is 0 Å². The molecule has 1 amide bonds. The van der Waals surface area contributed by atoms with Gasteiger partial charge in [0.1, 0.15) is 17.8 Å². The van der Waals surface area contributed by atoms with Crippen molar-refractivity contribution in [1.82, 2.24) is 30.1 Å². The number of anilines is 2. The van der Waals surface area contributed by atoms with Crippen LogP contribution in [0.2, 0.25) is 0 Å². The van der Waals surface area contributed by atoms with Gasteiger partial charge in [-0.05, 0) is 38.0 Å². The Kier molecular flexibility index (Phi) is 5.22. The molecule has 0 radical (unpaired) electrons. The van der Waals surface area contributed by atoms with Crippen LogP contribution in [0, 0.1) is 5.92 Å². The first kappa shape index (κ1) is 22.0. The first-order chi connectivity index (χ1) is 16.9. The Labute approximate surface area is 197 Å². The summed E-state index contributed by atoms with van der Waals surface area (Å²) in [6.07, 6.45) is 1.64. The highest BCUT2D eigenvalue weighted by atomic mass is 19.3. The van der Waals surface area contributed by atoms with Crippen molar-refractivity contribution in [2.75, 3.05) is 11.9 Å². The van der Waals surface area contributed by atoms with Crippen LogP contribution in [0.25, 0.3) is 5.52 Å². The number of hydrogen-bond acceptors (Lipinski definition) is 7. The molecule has 7 rings (SSSR count). The molecule has 10 nitrogen and oxygen atoms in total. The Morgan fingerprint density at radius 1 is 1.29 bits per heavy atom. The first-order valence-electron chi connectivity index (χ1n) is 11.6. The van der Waals surface area contributed by atoms with Crippen LogP contribution in [0.15, 0.2) is 24.5 Å². The minimum Gasteiger partial charge on any atom is -0.471 e. The fourth-order valence-corrected chi connectivity index (χ4v) is 5.31. The van der Waals surface area contributed by atoms with Gasteiger partial charge in [0, 0.05) is 41.7 Å². The average Bonchev–Trinajstić information content (AvgIpc) is 3.48. The van der Waals surface area contributed by atoms with Crippen molar-refractivity contribution in [2.24, 2.45) is 5.92 Å². The zero-order chi connectivity index (χ0) is 24.2. The van der Waals surface area contributed by atoms with Gasteiger partial charge in [0.25, 0.3) is 6.43 Å². The van der Waals surface area contributed by atoms with Crippen molar-refractivity contribution < 1.29 is 27.4 Å². The molecule has 3 aromatic heterocycles. The summed E-state index contributed by atoms with van der Waals surface area (Å²) in [6.45, 7) is -0.762. The molecule has 0 unspecified atom stereocenters. The summed E-state index contributed by atoms with van der Waals surface area (Å²) in [5, 5.41) is 17.1. The molecule has 3 atom stereocenters. The number of aromatic amines is 1. The fraction of sp³-hybridized carbons (Fsp3) is 0.545. The van der Waals surface area contributed by atoms with E-state index in [0.717, 1.165) is 25.2 Å². The maximum atomic E-state index is 15.1. The Morgan fingerprint density at radius 2 is 2.11 bits per heavy atom. The third-order valence-corrected chi connectivity index (χ3v) is 7.13. The van der Waals surface area contributed by atoms with Gasteiger partial charge in [-0.15, -0.1) is 5.10 Å². The van der Waals surface area contributed by atoms with Gasteiger partial charge < -0.3 is 20.1 Å². The van der Waals surface area contributed by atoms with E-state index in [1.165, 1.54) is 16.8 Å². The van der Waals surface area contributed by atoms with Crippen LogP contribution in [0.5, 0.6) is 5.88 Å². The minimum absolute atomic E-state index is 0.0411. The number of ether oxygens (including phenoxy) is 2. The van der Waals surface area contributed by atoms with Gasteiger partial charge >= 0.3 is 6.09 Å². The molecule has 13 heteroatoms. The Bertz CT molecular complexity index is 1230. The number of alkyl halides is 3. The van der Waals surface area contributed by atoms with Gasteiger partial charge in [0.15, 0.2) is 18.2 Å². The second kappa shape index (κ2) is 8.31. The minimum atomic E-state index is -2.61. The zero-order valence-electron chi connectivity index (χ0n) is 18.6. The van der Waals surface area contributed by atoms with Gasteiger partial charge in [0.2, 0.25) is 5.88 Å². The van der Waals surface area contributed by atoms with Crippen molar-refractivity contribution in [2.45, 2.75) is 62.3 Å². The average molecular weight is 491 g/mol. The zero-order valence-corrected chi connectivity index (χ0v) is 18.6. The van der Waals surface area contributed by atoms with Crippen molar-refractivity contribution in [3.8, 4) is 5.88 Å². The van der Waals surface area contributed by atoms with Crippen molar-refractivity contribution >= 4 is 23.2 Å². The summed E-state index contributed by atoms with van der Waals surface area (Å²) in [4.78, 5) is 16.5. The topological polar surface area (TPSA) is 118 Å². The molecule has 3 N–H and O–H groups in total. The third kappa shape index (κ3) is 4.12. The van der Waals surface area contributed by atoms with Crippen LogP contribution in [-0.2, 0) is 4.74 Å². The second-order valence-corrected chi connectivity index (χ2v) is 9.58. The van der Waals surface area contributed by atoms with E-state index in [2.05, 4.69) is 30.9 Å². The molecular weight excluding hydrogens is 467 g/mol. The first-order valence-corrected chi connectivity index (χ1v) is 11.6. The summed E-state index contributed by atoms with van der Waals surface area (Å²) in [5.74, 6) is 1.05. The molecule has 4 fully saturated rings. The third-order valence-electron chi connectivity index (χ3n) is 7.13. The van der Waals surface area contributed by atoms with Crippen LogP contribution < -0.4 is 15.4 Å². The molecule has 0 spiro atoms. The van der Waals surface area contributed by atoms with E-state index in [-0.39, 0.29) is 11.4 Å². The number of nitrogens with zero attached hydrogens (tertiary/aromatic N) is 4. The van der Waals surface area contributed by atoms with E-state index in [4.69, 9.17) is 9.47 Å². The smallest absolute Gasteiger partial charge is 0.407 e. The molecular formula is C22H24F3N7O3. The van der Waals surface area contributed by atoms with Gasteiger partial charge in [-0.2, -0.15) is 5.10 Å². The molecule has 3 heterocycles. The highest BCUT2D eigenvalue weighted by molar-refractivity contribution is 5.73. The number of carbonyl (C=O) groups excluding carboxylic acids is 1. The normalized spacial score (nSPS) is 29.0. The number of aromatic nitrogens is 5. The highest BCUT2D eigenvalue weighted by Crippen LogP contribution is 2.57. The number of carbonyl (C=O) groups is 1. The Balaban J connectivity index is 1.09. The molecule has 4 aliphatic carbocycles. The van der Waals surface area contributed by atoms with Gasteiger partial charge in [0.05, 0.1) is 0 Å². The van der Waals surface area contributed by atoms with Crippen molar-refractivity contribution in [3.05, 3.63) is 30.2 Å². The molecule has 0 aliphatic heterocycles. The summed E-state index contributed by atoms with van der Waals surface area (Å²) >= 11 is 0. The van der Waals surface area contributed by atoms with Gasteiger partial charge in [-0.25, -0.2) is 27.5 Å². The SMILES string of the molecule is O=C(NC12CC(C1)C2)O[C@H]1CC[C@@H](c2cc(Nc3nccn4nc(OCC(F)F)cc34)n[nH]2)[C@H]1F. The summed E-state index contributed by atoms with van der Waals surface area (Å²) in [6, 6.07) is 3.16. The number of fused-ring (bicyclic) bond motifs is 1. The number of halogens is 3. The van der Waals surface area contributed by atoms with E-state index in [1.54, 1.807) is 12.3 Å². The van der Waals surface area contributed by atoms with E-state index >= 15 is 4.39 Å². The molecule has 35 heavy (non-hydrogen) atoms. The lowest BCUT2D eigenvalue weighted by atomic mass is 9.50. The molecule has 0 saturated heterocycles. The monoisotopic (exact) mass is 491 g/mol. The summed E-state index contributed by atoms with van der Waals surface area (Å²) in [5.41, 5.74) is 0.957. The van der Waals surface area contributed by atoms with Crippen molar-refractivity contribution in [3.63, 3.8) is 0 Å². The van der Waals surface area contributed by atoms with Crippen LogP contribution in [0.1, 0.15) is 43.7 Å². The van der Waals surface area contributed by atoms with Crippen LogP contribution in [0.4, 0.5) is 29.6 Å². The lowest BCUT2D eigenvalue weighted by molar-refractivity contribution is -0.0532. The second-order valence-electron chi connectivity index (χ2n) is 9.58. The molecule has 0 aromatic carbocycles. The van der Waals surface area contributed by atoms with E-state index < -0.39 is 37.3 Å². The largest absolute Gasteiger partial charge is 0.471 e.